The van der Waals surface area contributed by atoms with Crippen molar-refractivity contribution < 1.29 is 9.53 Å². The summed E-state index contributed by atoms with van der Waals surface area (Å²) in [5, 5.41) is 1.13. The lowest BCUT2D eigenvalue weighted by Gasteiger charge is -2.27. The van der Waals surface area contributed by atoms with Gasteiger partial charge in [-0.05, 0) is 53.8 Å². The van der Waals surface area contributed by atoms with E-state index in [2.05, 4.69) is 42.2 Å². The quantitative estimate of drug-likeness (QED) is 0.556. The van der Waals surface area contributed by atoms with Crippen LogP contribution in [0.15, 0.2) is 12.1 Å². The maximum atomic E-state index is 12.9. The average molecular weight is 405 g/mol. The highest BCUT2D eigenvalue weighted by Crippen LogP contribution is 2.23. The zero-order chi connectivity index (χ0) is 15.5. The van der Waals surface area contributed by atoms with Crippen molar-refractivity contribution in [3.05, 3.63) is 21.3 Å². The fraction of sp³-hybridized carbons (Fsp3) is 0.533. The van der Waals surface area contributed by atoms with Crippen LogP contribution in [0, 0.1) is 3.57 Å². The maximum absolute atomic E-state index is 12.9. The third-order valence-corrected chi connectivity index (χ3v) is 6.25. The number of carbonyl (C=O) groups is 1. The summed E-state index contributed by atoms with van der Waals surface area (Å²) in [5.74, 6) is 0.968. The van der Waals surface area contributed by atoms with Gasteiger partial charge in [-0.2, -0.15) is 0 Å². The highest BCUT2D eigenvalue weighted by Gasteiger charge is 2.30. The Labute approximate surface area is 136 Å². The van der Waals surface area contributed by atoms with E-state index in [-0.39, 0.29) is 5.91 Å². The molecule has 0 heterocycles. The first-order valence-electron chi connectivity index (χ1n) is 6.94. The van der Waals surface area contributed by atoms with Gasteiger partial charge in [-0.15, -0.1) is 0 Å². The predicted octanol–water partition coefficient (Wildman–Crippen LogP) is 3.33. The number of carbonyl (C=O) groups excluding carboxylic acids is 1. The minimum atomic E-state index is -1.69. The summed E-state index contributed by atoms with van der Waals surface area (Å²) in [6.07, 6.45) is 0. The molecule has 1 rings (SSSR count). The van der Waals surface area contributed by atoms with Gasteiger partial charge in [0, 0.05) is 16.7 Å². The van der Waals surface area contributed by atoms with Gasteiger partial charge < -0.3 is 9.64 Å². The molecule has 0 saturated heterocycles. The van der Waals surface area contributed by atoms with E-state index in [1.807, 2.05) is 30.9 Å². The number of amides is 1. The van der Waals surface area contributed by atoms with Gasteiger partial charge in [0.05, 0.1) is 20.7 Å². The molecule has 0 saturated carbocycles. The molecule has 0 spiro atoms. The lowest BCUT2D eigenvalue weighted by molar-refractivity contribution is 0.0773. The van der Waals surface area contributed by atoms with Crippen LogP contribution >= 0.6 is 22.6 Å². The van der Waals surface area contributed by atoms with Crippen LogP contribution in [0.5, 0.6) is 5.75 Å². The van der Waals surface area contributed by atoms with Gasteiger partial charge in [0.25, 0.3) is 5.91 Å². The molecule has 20 heavy (non-hydrogen) atoms. The fourth-order valence-corrected chi connectivity index (χ4v) is 5.20. The molecule has 0 bridgehead atoms. The highest BCUT2D eigenvalue weighted by molar-refractivity contribution is 14.1. The van der Waals surface area contributed by atoms with E-state index in [0.29, 0.717) is 0 Å². The SMILES string of the molecule is CCN(CC)C(=O)c1c(I)ccc(OC)c1[Si](C)(C)C. The second-order valence-electron chi connectivity index (χ2n) is 5.73. The summed E-state index contributed by atoms with van der Waals surface area (Å²) < 4.78 is 6.54. The van der Waals surface area contributed by atoms with E-state index >= 15 is 0 Å². The second-order valence-corrected chi connectivity index (χ2v) is 11.9. The summed E-state index contributed by atoms with van der Waals surface area (Å²) in [5.41, 5.74) is 0.841. The standard InChI is InChI=1S/C15H24INO2Si/c1-7-17(8-2)15(18)13-11(16)9-10-12(19-3)14(13)20(4,5)6/h9-10H,7-8H2,1-6H3. The molecule has 1 amide bonds. The molecule has 1 aromatic carbocycles. The number of ether oxygens (including phenoxy) is 1. The van der Waals surface area contributed by atoms with Gasteiger partial charge in [-0.1, -0.05) is 19.6 Å². The van der Waals surface area contributed by atoms with Crippen molar-refractivity contribution in [3.8, 4) is 5.75 Å². The second kappa shape index (κ2) is 6.93. The summed E-state index contributed by atoms with van der Waals surface area (Å²) in [4.78, 5) is 14.7. The molecule has 0 atom stereocenters. The largest absolute Gasteiger partial charge is 0.497 e. The Hall–Kier alpha value is -0.563. The van der Waals surface area contributed by atoms with Crippen LogP contribution in [-0.4, -0.2) is 39.1 Å². The van der Waals surface area contributed by atoms with Crippen molar-refractivity contribution in [1.29, 1.82) is 0 Å². The van der Waals surface area contributed by atoms with E-state index in [0.717, 1.165) is 33.2 Å². The Morgan fingerprint density at radius 1 is 1.25 bits per heavy atom. The van der Waals surface area contributed by atoms with E-state index in [9.17, 15) is 4.79 Å². The summed E-state index contributed by atoms with van der Waals surface area (Å²) in [7, 11) is -0.00817. The zero-order valence-electron chi connectivity index (χ0n) is 13.2. The lowest BCUT2D eigenvalue weighted by atomic mass is 10.2. The number of hydrogen-bond acceptors (Lipinski definition) is 2. The first kappa shape index (κ1) is 17.5. The Balaban J connectivity index is 3.55. The molecule has 0 aliphatic heterocycles. The molecule has 0 fully saturated rings. The highest BCUT2D eigenvalue weighted by atomic mass is 127. The van der Waals surface area contributed by atoms with Gasteiger partial charge in [-0.3, -0.25) is 4.79 Å². The maximum Gasteiger partial charge on any atom is 0.254 e. The molecule has 5 heteroatoms. The van der Waals surface area contributed by atoms with Crippen LogP contribution in [0.4, 0.5) is 0 Å². The Morgan fingerprint density at radius 3 is 2.20 bits per heavy atom. The summed E-state index contributed by atoms with van der Waals surface area (Å²) in [6, 6.07) is 3.95. The van der Waals surface area contributed by atoms with Crippen molar-refractivity contribution in [2.45, 2.75) is 33.5 Å². The molecule has 112 valence electrons. The van der Waals surface area contributed by atoms with Crippen molar-refractivity contribution >= 4 is 41.8 Å². The van der Waals surface area contributed by atoms with Gasteiger partial charge >= 0.3 is 0 Å². The van der Waals surface area contributed by atoms with Crippen molar-refractivity contribution in [2.75, 3.05) is 20.2 Å². The van der Waals surface area contributed by atoms with E-state index in [4.69, 9.17) is 4.74 Å². The first-order valence-corrected chi connectivity index (χ1v) is 11.5. The van der Waals surface area contributed by atoms with E-state index in [1.54, 1.807) is 7.11 Å². The first-order chi connectivity index (χ1) is 9.27. The molecule has 0 radical (unpaired) electrons. The molecule has 0 unspecified atom stereocenters. The number of methoxy groups -OCH3 is 1. The van der Waals surface area contributed by atoms with Crippen LogP contribution < -0.4 is 9.92 Å². The lowest BCUT2D eigenvalue weighted by Crippen LogP contribution is -2.45. The van der Waals surface area contributed by atoms with Crippen molar-refractivity contribution in [3.63, 3.8) is 0 Å². The zero-order valence-corrected chi connectivity index (χ0v) is 16.4. The van der Waals surface area contributed by atoms with Crippen LogP contribution in [0.2, 0.25) is 19.6 Å². The normalized spacial score (nSPS) is 11.3. The Bertz CT molecular complexity index is 493. The smallest absolute Gasteiger partial charge is 0.254 e. The van der Waals surface area contributed by atoms with Crippen LogP contribution in [0.25, 0.3) is 0 Å². The summed E-state index contributed by atoms with van der Waals surface area (Å²) in [6.45, 7) is 12.2. The topological polar surface area (TPSA) is 29.5 Å². The number of nitrogens with zero attached hydrogens (tertiary/aromatic N) is 1. The van der Waals surface area contributed by atoms with Crippen LogP contribution in [0.1, 0.15) is 24.2 Å². The van der Waals surface area contributed by atoms with Gasteiger partial charge in [0.15, 0.2) is 0 Å². The van der Waals surface area contributed by atoms with E-state index < -0.39 is 8.07 Å². The average Bonchev–Trinajstić information content (AvgIpc) is 2.38. The molecule has 1 aromatic rings. The third kappa shape index (κ3) is 3.55. The van der Waals surface area contributed by atoms with Gasteiger partial charge in [0.1, 0.15) is 5.75 Å². The minimum absolute atomic E-state index is 0.121. The molecular weight excluding hydrogens is 381 g/mol. The number of benzene rings is 1. The van der Waals surface area contributed by atoms with Crippen molar-refractivity contribution in [2.24, 2.45) is 0 Å². The summed E-state index contributed by atoms with van der Waals surface area (Å²) >= 11 is 2.26. The molecule has 3 nitrogen and oxygen atoms in total. The fourth-order valence-electron chi connectivity index (χ4n) is 2.35. The monoisotopic (exact) mass is 405 g/mol. The number of halogens is 1. The van der Waals surface area contributed by atoms with Crippen molar-refractivity contribution in [1.82, 2.24) is 4.90 Å². The van der Waals surface area contributed by atoms with Crippen LogP contribution in [0.3, 0.4) is 0 Å². The Kier molecular flexibility index (Phi) is 6.06. The third-order valence-electron chi connectivity index (χ3n) is 3.35. The molecule has 0 N–H and O–H groups in total. The van der Waals surface area contributed by atoms with Gasteiger partial charge in [0.2, 0.25) is 0 Å². The van der Waals surface area contributed by atoms with Crippen LogP contribution in [-0.2, 0) is 0 Å². The number of rotatable bonds is 5. The molecule has 0 aliphatic rings. The number of hydrogen-bond donors (Lipinski definition) is 0. The minimum Gasteiger partial charge on any atom is -0.497 e. The predicted molar refractivity (Wildman–Crippen MR) is 95.9 cm³/mol. The molecule has 0 aromatic heterocycles. The van der Waals surface area contributed by atoms with Gasteiger partial charge in [-0.25, -0.2) is 0 Å². The molecule has 0 aliphatic carbocycles. The Morgan fingerprint density at radius 2 is 1.80 bits per heavy atom. The molecular formula is C15H24INO2Si. The van der Waals surface area contributed by atoms with E-state index in [1.165, 1.54) is 0 Å².